The van der Waals surface area contributed by atoms with Gasteiger partial charge in [0.25, 0.3) is 0 Å². The maximum atomic E-state index is 12.4. The number of sulfonamides is 1. The second kappa shape index (κ2) is 9.63. The number of carbonyl (C=O) groups is 1. The highest BCUT2D eigenvalue weighted by atomic mass is 32.2. The van der Waals surface area contributed by atoms with Gasteiger partial charge in [-0.25, -0.2) is 13.1 Å². The van der Waals surface area contributed by atoms with E-state index in [1.165, 1.54) is 43.1 Å². The van der Waals surface area contributed by atoms with Crippen molar-refractivity contribution in [1.29, 1.82) is 0 Å². The van der Waals surface area contributed by atoms with E-state index in [-0.39, 0.29) is 11.3 Å². The number of methoxy groups -OCH3 is 1. The van der Waals surface area contributed by atoms with E-state index >= 15 is 0 Å². The van der Waals surface area contributed by atoms with Gasteiger partial charge < -0.3 is 19.4 Å². The summed E-state index contributed by atoms with van der Waals surface area (Å²) in [5.74, 6) is 0.484. The molecule has 0 bridgehead atoms. The molecule has 0 saturated heterocycles. The zero-order chi connectivity index (χ0) is 19.9. The number of ether oxygens (including phenoxy) is 2. The third kappa shape index (κ3) is 5.88. The van der Waals surface area contributed by atoms with Gasteiger partial charge in [-0.3, -0.25) is 0 Å². The second-order valence-corrected chi connectivity index (χ2v) is 8.20. The number of thioether (sulfide) groups is 1. The molecule has 0 heterocycles. The molecule has 2 aromatic rings. The number of hydrogen-bond donors (Lipinski definition) is 1. The van der Waals surface area contributed by atoms with E-state index in [9.17, 15) is 18.3 Å². The van der Waals surface area contributed by atoms with E-state index in [2.05, 4.69) is 4.72 Å². The molecule has 146 valence electrons. The molecule has 7 nitrogen and oxygen atoms in total. The van der Waals surface area contributed by atoms with Crippen molar-refractivity contribution in [3.05, 3.63) is 48.5 Å². The van der Waals surface area contributed by atoms with Crippen LogP contribution < -0.4 is 19.3 Å². The Labute approximate surface area is 162 Å². The van der Waals surface area contributed by atoms with E-state index in [0.717, 1.165) is 0 Å². The molecule has 0 aliphatic carbocycles. The Morgan fingerprint density at radius 2 is 1.78 bits per heavy atom. The SMILES string of the molecule is COc1ccccc1Oc1ccc(S(=O)(=O)N[C@@H](CCSC)C(=O)[O-])cc1. The molecule has 0 aliphatic heterocycles. The summed E-state index contributed by atoms with van der Waals surface area (Å²) in [4.78, 5) is 11.1. The third-order valence-electron chi connectivity index (χ3n) is 3.62. The summed E-state index contributed by atoms with van der Waals surface area (Å²) in [5, 5.41) is 11.2. The van der Waals surface area contributed by atoms with Crippen LogP contribution in [0.4, 0.5) is 0 Å². The zero-order valence-corrected chi connectivity index (χ0v) is 16.5. The van der Waals surface area contributed by atoms with Crippen LogP contribution in [0.1, 0.15) is 6.42 Å². The molecule has 0 unspecified atom stereocenters. The van der Waals surface area contributed by atoms with Gasteiger partial charge in [-0.1, -0.05) is 12.1 Å². The number of aliphatic carboxylic acids is 1. The van der Waals surface area contributed by atoms with Gasteiger partial charge in [0.15, 0.2) is 11.5 Å². The minimum atomic E-state index is -4.00. The monoisotopic (exact) mass is 410 g/mol. The summed E-state index contributed by atoms with van der Waals surface area (Å²) in [5.41, 5.74) is 0. The van der Waals surface area contributed by atoms with Crippen LogP contribution >= 0.6 is 11.8 Å². The Morgan fingerprint density at radius 3 is 2.33 bits per heavy atom. The average molecular weight is 410 g/mol. The fourth-order valence-electron chi connectivity index (χ4n) is 2.23. The molecule has 0 radical (unpaired) electrons. The van der Waals surface area contributed by atoms with Crippen LogP contribution in [0.2, 0.25) is 0 Å². The normalized spacial score (nSPS) is 12.4. The van der Waals surface area contributed by atoms with Crippen molar-refractivity contribution < 1.29 is 27.8 Å². The van der Waals surface area contributed by atoms with Crippen LogP contribution in [0.25, 0.3) is 0 Å². The van der Waals surface area contributed by atoms with Gasteiger partial charge in [-0.05, 0) is 54.8 Å². The lowest BCUT2D eigenvalue weighted by atomic mass is 10.2. The Kier molecular flexibility index (Phi) is 7.52. The number of carboxylic acids is 1. The first-order valence-electron chi connectivity index (χ1n) is 8.00. The number of hydrogen-bond acceptors (Lipinski definition) is 7. The van der Waals surface area contributed by atoms with Crippen molar-refractivity contribution in [2.45, 2.75) is 17.4 Å². The smallest absolute Gasteiger partial charge is 0.241 e. The van der Waals surface area contributed by atoms with E-state index < -0.39 is 22.0 Å². The van der Waals surface area contributed by atoms with Crippen molar-refractivity contribution in [3.8, 4) is 17.2 Å². The van der Waals surface area contributed by atoms with E-state index in [1.54, 1.807) is 30.5 Å². The number of para-hydroxylation sites is 2. The van der Waals surface area contributed by atoms with Crippen molar-refractivity contribution in [1.82, 2.24) is 4.72 Å². The van der Waals surface area contributed by atoms with Crippen LogP contribution in [0, 0.1) is 0 Å². The Balaban J connectivity index is 2.14. The molecular formula is C18H20NO6S2-. The summed E-state index contributed by atoms with van der Waals surface area (Å²) in [6, 6.07) is 11.4. The largest absolute Gasteiger partial charge is 0.548 e. The number of nitrogens with one attached hydrogen (secondary N) is 1. The first-order valence-corrected chi connectivity index (χ1v) is 10.9. The number of benzene rings is 2. The summed E-state index contributed by atoms with van der Waals surface area (Å²) in [7, 11) is -2.48. The summed E-state index contributed by atoms with van der Waals surface area (Å²) < 4.78 is 37.9. The quantitative estimate of drug-likeness (QED) is 0.635. The Morgan fingerprint density at radius 1 is 1.15 bits per heavy atom. The highest BCUT2D eigenvalue weighted by Gasteiger charge is 2.21. The third-order valence-corrected chi connectivity index (χ3v) is 5.76. The molecule has 0 amide bonds. The molecule has 2 rings (SSSR count). The van der Waals surface area contributed by atoms with Crippen LogP contribution in [0.3, 0.4) is 0 Å². The first-order chi connectivity index (χ1) is 12.9. The molecule has 1 N–H and O–H groups in total. The zero-order valence-electron chi connectivity index (χ0n) is 14.9. The maximum absolute atomic E-state index is 12.4. The van der Waals surface area contributed by atoms with Crippen LogP contribution in [0.5, 0.6) is 17.2 Å². The minimum Gasteiger partial charge on any atom is -0.548 e. The lowest BCUT2D eigenvalue weighted by Crippen LogP contribution is -2.48. The van der Waals surface area contributed by atoms with Gasteiger partial charge in [0, 0.05) is 0 Å². The van der Waals surface area contributed by atoms with Crippen molar-refractivity contribution in [3.63, 3.8) is 0 Å². The lowest BCUT2D eigenvalue weighted by Gasteiger charge is -2.19. The molecule has 0 spiro atoms. The molecule has 0 aromatic heterocycles. The predicted molar refractivity (Wildman–Crippen MR) is 102 cm³/mol. The van der Waals surface area contributed by atoms with Crippen molar-refractivity contribution in [2.75, 3.05) is 19.1 Å². The highest BCUT2D eigenvalue weighted by molar-refractivity contribution is 7.98. The number of carbonyl (C=O) groups excluding carboxylic acids is 1. The fourth-order valence-corrected chi connectivity index (χ4v) is 3.92. The van der Waals surface area contributed by atoms with Gasteiger partial charge in [-0.2, -0.15) is 11.8 Å². The second-order valence-electron chi connectivity index (χ2n) is 5.50. The fraction of sp³-hybridized carbons (Fsp3) is 0.278. The van der Waals surface area contributed by atoms with E-state index in [4.69, 9.17) is 9.47 Å². The molecule has 0 saturated carbocycles. The summed E-state index contributed by atoms with van der Waals surface area (Å²) in [6.45, 7) is 0. The van der Waals surface area contributed by atoms with Crippen molar-refractivity contribution in [2.24, 2.45) is 0 Å². The lowest BCUT2D eigenvalue weighted by molar-refractivity contribution is -0.308. The molecule has 2 aromatic carbocycles. The van der Waals surface area contributed by atoms with Gasteiger partial charge >= 0.3 is 0 Å². The first kappa shape index (κ1) is 21.1. The molecule has 9 heteroatoms. The summed E-state index contributed by atoms with van der Waals surface area (Å²) in [6.07, 6.45) is 1.94. The molecule has 0 fully saturated rings. The van der Waals surface area contributed by atoms with Crippen LogP contribution in [0.15, 0.2) is 53.4 Å². The topological polar surface area (TPSA) is 105 Å². The molecule has 27 heavy (non-hydrogen) atoms. The van der Waals surface area contributed by atoms with Crippen molar-refractivity contribution >= 4 is 27.8 Å². The van der Waals surface area contributed by atoms with Crippen LogP contribution in [-0.2, 0) is 14.8 Å². The molecule has 1 atom stereocenters. The molecule has 0 aliphatic rings. The average Bonchev–Trinajstić information content (AvgIpc) is 2.65. The van der Waals surface area contributed by atoms with E-state index in [1.807, 2.05) is 0 Å². The van der Waals surface area contributed by atoms with Crippen LogP contribution in [-0.4, -0.2) is 39.5 Å². The van der Waals surface area contributed by atoms with Gasteiger partial charge in [-0.15, -0.1) is 0 Å². The molecular weight excluding hydrogens is 390 g/mol. The Bertz CT molecular complexity index is 868. The number of rotatable bonds is 10. The predicted octanol–water partition coefficient (Wildman–Crippen LogP) is 1.64. The standard InChI is InChI=1S/C18H21NO6S2/c1-24-16-5-3-4-6-17(16)25-13-7-9-14(10-8-13)27(22,23)19-15(18(20)21)11-12-26-2/h3-10,15,19H,11-12H2,1-2H3,(H,20,21)/p-1/t15-/m0/s1. The van der Waals surface area contributed by atoms with Gasteiger partial charge in [0.1, 0.15) is 5.75 Å². The Hall–Kier alpha value is -2.23. The van der Waals surface area contributed by atoms with E-state index in [0.29, 0.717) is 23.0 Å². The minimum absolute atomic E-state index is 0.0646. The highest BCUT2D eigenvalue weighted by Crippen LogP contribution is 2.31. The maximum Gasteiger partial charge on any atom is 0.241 e. The summed E-state index contributed by atoms with van der Waals surface area (Å²) >= 11 is 1.42. The van der Waals surface area contributed by atoms with Gasteiger partial charge in [0.2, 0.25) is 10.0 Å². The number of carboxylic acid groups (broad SMARTS) is 1. The van der Waals surface area contributed by atoms with Gasteiger partial charge in [0.05, 0.1) is 24.0 Å².